The maximum absolute atomic E-state index is 11.1. The van der Waals surface area contributed by atoms with Crippen molar-refractivity contribution in [3.05, 3.63) is 71.9 Å². The molecule has 30 heavy (non-hydrogen) atoms. The Morgan fingerprint density at radius 3 is 2.57 bits per heavy atom. The van der Waals surface area contributed by atoms with E-state index >= 15 is 0 Å². The molecule has 1 heterocycles. The highest BCUT2D eigenvalue weighted by Crippen LogP contribution is 2.25. The lowest BCUT2D eigenvalue weighted by Gasteiger charge is -2.18. The summed E-state index contributed by atoms with van der Waals surface area (Å²) < 4.78 is 8.02. The lowest BCUT2D eigenvalue weighted by atomic mass is 9.95. The summed E-state index contributed by atoms with van der Waals surface area (Å²) in [4.78, 5) is 11.1. The molecule has 1 aromatic heterocycles. The molecule has 5 heteroatoms. The normalized spacial score (nSPS) is 13.1. The number of nitrogens with zero attached hydrogens (tertiary/aromatic N) is 2. The van der Waals surface area contributed by atoms with Crippen LogP contribution in [0.4, 0.5) is 0 Å². The first-order valence-electron chi connectivity index (χ1n) is 10.3. The van der Waals surface area contributed by atoms with Gasteiger partial charge in [0.1, 0.15) is 12.4 Å². The van der Waals surface area contributed by atoms with Gasteiger partial charge in [0, 0.05) is 17.8 Å². The summed E-state index contributed by atoms with van der Waals surface area (Å²) in [5.41, 5.74) is 3.32. The van der Waals surface area contributed by atoms with Gasteiger partial charge in [0.25, 0.3) is 0 Å². The van der Waals surface area contributed by atoms with Gasteiger partial charge in [0.15, 0.2) is 0 Å². The zero-order valence-electron chi connectivity index (χ0n) is 18.1. The van der Waals surface area contributed by atoms with Gasteiger partial charge in [-0.3, -0.25) is 9.48 Å². The quantitative estimate of drug-likeness (QED) is 0.481. The van der Waals surface area contributed by atoms with Gasteiger partial charge < -0.3 is 9.84 Å². The van der Waals surface area contributed by atoms with Gasteiger partial charge in [-0.2, -0.15) is 5.10 Å². The highest BCUT2D eigenvalue weighted by atomic mass is 16.5. The average Bonchev–Trinajstić information content (AvgIpc) is 3.06. The molecule has 0 saturated carbocycles. The maximum Gasteiger partial charge on any atom is 0.304 e. The first kappa shape index (κ1) is 21.6. The summed E-state index contributed by atoms with van der Waals surface area (Å²) in [6.07, 6.45) is 5.79. The highest BCUT2D eigenvalue weighted by molar-refractivity contribution is 5.79. The van der Waals surface area contributed by atoms with Crippen molar-refractivity contribution in [2.75, 3.05) is 0 Å². The number of benzene rings is 2. The smallest absolute Gasteiger partial charge is 0.304 e. The fourth-order valence-corrected chi connectivity index (χ4v) is 3.48. The number of allylic oxidation sites excluding steroid dienone is 2. The molecule has 0 aliphatic heterocycles. The Labute approximate surface area is 178 Å². The predicted molar refractivity (Wildman–Crippen MR) is 120 cm³/mol. The molecular formula is C25H30N2O3. The van der Waals surface area contributed by atoms with E-state index < -0.39 is 5.97 Å². The van der Waals surface area contributed by atoms with Crippen molar-refractivity contribution in [3.8, 4) is 5.75 Å². The van der Waals surface area contributed by atoms with Gasteiger partial charge >= 0.3 is 5.97 Å². The van der Waals surface area contributed by atoms with Gasteiger partial charge in [-0.1, -0.05) is 57.2 Å². The van der Waals surface area contributed by atoms with Crippen LogP contribution in [0.15, 0.2) is 60.8 Å². The number of carboxylic acids is 1. The maximum atomic E-state index is 11.1. The lowest BCUT2D eigenvalue weighted by molar-refractivity contribution is -0.137. The Hall–Kier alpha value is -3.08. The number of ether oxygens (including phenoxy) is 1. The second-order valence-corrected chi connectivity index (χ2v) is 8.84. The molecule has 0 radical (unpaired) electrons. The molecule has 0 unspecified atom stereocenters. The Balaban J connectivity index is 1.70. The third-order valence-electron chi connectivity index (χ3n) is 4.87. The number of fused-ring (bicyclic) bond motifs is 1. The summed E-state index contributed by atoms with van der Waals surface area (Å²) in [5, 5.41) is 14.8. The largest absolute Gasteiger partial charge is 0.489 e. The Kier molecular flexibility index (Phi) is 6.60. The number of carbonyl (C=O) groups is 1. The van der Waals surface area contributed by atoms with Crippen LogP contribution in [0.5, 0.6) is 5.75 Å². The number of aliphatic carboxylic acids is 1. The first-order valence-corrected chi connectivity index (χ1v) is 10.3. The molecule has 1 atom stereocenters. The molecule has 2 aromatic carbocycles. The molecule has 0 aliphatic carbocycles. The molecule has 158 valence electrons. The molecule has 0 saturated heterocycles. The minimum atomic E-state index is -0.806. The summed E-state index contributed by atoms with van der Waals surface area (Å²) in [6, 6.07) is 13.9. The molecule has 0 spiro atoms. The van der Waals surface area contributed by atoms with Crippen molar-refractivity contribution in [2.45, 2.75) is 53.2 Å². The van der Waals surface area contributed by atoms with Crippen molar-refractivity contribution in [3.63, 3.8) is 0 Å². The van der Waals surface area contributed by atoms with E-state index in [0.29, 0.717) is 6.61 Å². The van der Waals surface area contributed by atoms with Crippen LogP contribution in [0.1, 0.15) is 51.2 Å². The highest BCUT2D eigenvalue weighted by Gasteiger charge is 2.15. The fourth-order valence-electron chi connectivity index (χ4n) is 3.48. The molecule has 1 N–H and O–H groups in total. The second-order valence-electron chi connectivity index (χ2n) is 8.84. The van der Waals surface area contributed by atoms with Crippen molar-refractivity contribution in [1.29, 1.82) is 0 Å². The van der Waals surface area contributed by atoms with Crippen molar-refractivity contribution in [1.82, 2.24) is 9.78 Å². The van der Waals surface area contributed by atoms with E-state index in [1.54, 1.807) is 0 Å². The number of rotatable bonds is 8. The Morgan fingerprint density at radius 1 is 1.20 bits per heavy atom. The van der Waals surface area contributed by atoms with Gasteiger partial charge in [-0.15, -0.1) is 0 Å². The molecule has 0 aliphatic rings. The molecule has 0 fully saturated rings. The monoisotopic (exact) mass is 406 g/mol. The number of aromatic nitrogens is 2. The topological polar surface area (TPSA) is 64.3 Å². The van der Waals surface area contributed by atoms with E-state index in [1.807, 2.05) is 49.5 Å². The minimum absolute atomic E-state index is 0.0762. The first-order chi connectivity index (χ1) is 14.2. The lowest BCUT2D eigenvalue weighted by Crippen LogP contribution is -2.16. The van der Waals surface area contributed by atoms with Crippen molar-refractivity contribution >= 4 is 16.9 Å². The third-order valence-corrected chi connectivity index (χ3v) is 4.87. The fraction of sp³-hybridized carbons (Fsp3) is 0.360. The molecule has 0 amide bonds. The van der Waals surface area contributed by atoms with E-state index in [4.69, 9.17) is 9.84 Å². The van der Waals surface area contributed by atoms with Crippen molar-refractivity contribution in [2.24, 2.45) is 5.41 Å². The van der Waals surface area contributed by atoms with Gasteiger partial charge in [-0.25, -0.2) is 0 Å². The number of carboxylic acid groups (broad SMARTS) is 1. The summed E-state index contributed by atoms with van der Waals surface area (Å²) in [6.45, 7) is 9.82. The summed E-state index contributed by atoms with van der Waals surface area (Å²) >= 11 is 0. The van der Waals surface area contributed by atoms with Crippen LogP contribution in [0.2, 0.25) is 0 Å². The third kappa shape index (κ3) is 5.72. The molecule has 3 aromatic rings. The SMILES string of the molecule is CC=C[C@H](CC(=O)O)c1ccc(OCc2ccc3cnn(CC(C)(C)C)c3c2)cc1. The van der Waals surface area contributed by atoms with E-state index in [9.17, 15) is 4.79 Å². The number of hydrogen-bond donors (Lipinski definition) is 1. The van der Waals surface area contributed by atoms with Crippen molar-refractivity contribution < 1.29 is 14.6 Å². The van der Waals surface area contributed by atoms with Crippen LogP contribution < -0.4 is 4.74 Å². The summed E-state index contributed by atoms with van der Waals surface area (Å²) in [5.74, 6) is -0.178. The molecular weight excluding hydrogens is 376 g/mol. The van der Waals surface area contributed by atoms with Crippen LogP contribution >= 0.6 is 0 Å². The summed E-state index contributed by atoms with van der Waals surface area (Å²) in [7, 11) is 0. The van der Waals surface area contributed by atoms with E-state index in [2.05, 4.69) is 48.8 Å². The zero-order chi connectivity index (χ0) is 21.7. The van der Waals surface area contributed by atoms with Gasteiger partial charge in [-0.05, 0) is 41.7 Å². The van der Waals surface area contributed by atoms with Crippen LogP contribution in [0, 0.1) is 5.41 Å². The Bertz CT molecular complexity index is 1030. The Morgan fingerprint density at radius 2 is 1.93 bits per heavy atom. The van der Waals surface area contributed by atoms with Gasteiger partial charge in [0.05, 0.1) is 18.1 Å². The molecule has 3 rings (SSSR count). The molecule has 5 nitrogen and oxygen atoms in total. The van der Waals surface area contributed by atoms with Crippen LogP contribution in [0.3, 0.4) is 0 Å². The number of hydrogen-bond acceptors (Lipinski definition) is 3. The van der Waals surface area contributed by atoms with Crippen LogP contribution in [-0.2, 0) is 17.9 Å². The van der Waals surface area contributed by atoms with E-state index in [0.717, 1.165) is 34.3 Å². The van der Waals surface area contributed by atoms with E-state index in [-0.39, 0.29) is 17.8 Å². The van der Waals surface area contributed by atoms with Gasteiger partial charge in [0.2, 0.25) is 0 Å². The zero-order valence-corrected chi connectivity index (χ0v) is 18.1. The minimum Gasteiger partial charge on any atom is -0.489 e. The predicted octanol–water partition coefficient (Wildman–Crippen LogP) is 5.80. The average molecular weight is 407 g/mol. The molecule has 0 bridgehead atoms. The van der Waals surface area contributed by atoms with E-state index in [1.165, 1.54) is 0 Å². The second kappa shape index (κ2) is 9.16. The van der Waals surface area contributed by atoms with Crippen LogP contribution in [0.25, 0.3) is 10.9 Å². The standard InChI is InChI=1S/C25H30N2O3/c1-5-6-20(14-24(28)29)19-9-11-22(12-10-19)30-16-18-7-8-21-15-26-27(23(21)13-18)17-25(2,3)4/h5-13,15,20H,14,16-17H2,1-4H3,(H,28,29)/t20-/m1/s1. The van der Waals surface area contributed by atoms with Crippen LogP contribution in [-0.4, -0.2) is 20.9 Å².